The van der Waals surface area contributed by atoms with E-state index in [1.807, 2.05) is 4.57 Å². The molecule has 1 aliphatic rings. The van der Waals surface area contributed by atoms with E-state index in [-0.39, 0.29) is 5.41 Å². The normalized spacial score (nSPS) is 26.3. The number of nitrogens with zero attached hydrogens (tertiary/aromatic N) is 3. The molecule has 1 aromatic heterocycles. The maximum atomic E-state index is 13.9. The highest BCUT2D eigenvalue weighted by atomic mass is 19.1. The van der Waals surface area contributed by atoms with Crippen molar-refractivity contribution in [1.29, 1.82) is 0 Å². The molecule has 1 aromatic carbocycles. The molecule has 94 valence electrons. The Morgan fingerprint density at radius 1 is 1.33 bits per heavy atom. The fourth-order valence-corrected chi connectivity index (χ4v) is 2.69. The molecule has 0 spiro atoms. The zero-order valence-corrected chi connectivity index (χ0v) is 9.98. The number of hydrogen-bond acceptors (Lipinski definition) is 2. The second-order valence-electron chi connectivity index (χ2n) is 5.02. The summed E-state index contributed by atoms with van der Waals surface area (Å²) in [5, 5.41) is 7.50. The second-order valence-corrected chi connectivity index (χ2v) is 5.02. The lowest BCUT2D eigenvalue weighted by atomic mass is 9.92. The first-order chi connectivity index (χ1) is 8.62. The third-order valence-corrected chi connectivity index (χ3v) is 3.85. The van der Waals surface area contributed by atoms with Gasteiger partial charge in [-0.3, -0.25) is 0 Å². The minimum Gasteiger partial charge on any atom is -0.319 e. The maximum Gasteiger partial charge on any atom is 0.129 e. The molecule has 2 aromatic rings. The van der Waals surface area contributed by atoms with Crippen molar-refractivity contribution in [2.45, 2.75) is 25.3 Å². The van der Waals surface area contributed by atoms with Gasteiger partial charge in [0.05, 0.1) is 0 Å². The minimum atomic E-state index is -0.538. The van der Waals surface area contributed by atoms with Crippen LogP contribution in [0.1, 0.15) is 18.9 Å². The molecular weight excluding hydrogens is 236 g/mol. The summed E-state index contributed by atoms with van der Waals surface area (Å²) in [6, 6.07) is 3.82. The molecule has 18 heavy (non-hydrogen) atoms. The lowest BCUT2D eigenvalue weighted by Gasteiger charge is -2.18. The van der Waals surface area contributed by atoms with Gasteiger partial charge < -0.3 is 4.57 Å². The number of rotatable bonds is 3. The van der Waals surface area contributed by atoms with E-state index in [9.17, 15) is 8.78 Å². The first kappa shape index (κ1) is 11.3. The van der Waals surface area contributed by atoms with Crippen LogP contribution in [0.2, 0.25) is 0 Å². The Balaban J connectivity index is 1.97. The predicted molar refractivity (Wildman–Crippen MR) is 61.8 cm³/mol. The summed E-state index contributed by atoms with van der Waals surface area (Å²) >= 11 is 0. The van der Waals surface area contributed by atoms with E-state index < -0.39 is 11.6 Å². The Hall–Kier alpha value is -1.78. The third kappa shape index (κ3) is 1.70. The van der Waals surface area contributed by atoms with Crippen molar-refractivity contribution in [2.24, 2.45) is 5.92 Å². The van der Waals surface area contributed by atoms with E-state index in [1.165, 1.54) is 6.07 Å². The average Bonchev–Trinajstić information content (AvgIpc) is 2.75. The summed E-state index contributed by atoms with van der Waals surface area (Å²) in [6.45, 7) is 2.71. The van der Waals surface area contributed by atoms with Gasteiger partial charge in [0.2, 0.25) is 0 Å². The molecule has 0 N–H and O–H groups in total. The van der Waals surface area contributed by atoms with Crippen LogP contribution in [0.3, 0.4) is 0 Å². The Labute approximate surface area is 103 Å². The van der Waals surface area contributed by atoms with Crippen LogP contribution in [-0.4, -0.2) is 14.8 Å². The maximum absolute atomic E-state index is 13.9. The summed E-state index contributed by atoms with van der Waals surface area (Å²) in [5.74, 6) is -0.628. The van der Waals surface area contributed by atoms with Crippen molar-refractivity contribution in [1.82, 2.24) is 14.8 Å². The minimum absolute atomic E-state index is 0.250. The summed E-state index contributed by atoms with van der Waals surface area (Å²) in [7, 11) is 0. The van der Waals surface area contributed by atoms with Gasteiger partial charge in [-0.1, -0.05) is 13.0 Å². The summed E-state index contributed by atoms with van der Waals surface area (Å²) in [6.07, 6.45) is 4.14. The Kier molecular flexibility index (Phi) is 2.43. The highest BCUT2D eigenvalue weighted by Gasteiger charge is 2.53. The van der Waals surface area contributed by atoms with Gasteiger partial charge in [-0.2, -0.15) is 0 Å². The molecule has 1 saturated carbocycles. The van der Waals surface area contributed by atoms with Crippen molar-refractivity contribution in [3.63, 3.8) is 0 Å². The quantitative estimate of drug-likeness (QED) is 0.837. The molecule has 0 amide bonds. The number of aromatic nitrogens is 3. The highest BCUT2D eigenvalue weighted by Crippen LogP contribution is 2.55. The summed E-state index contributed by atoms with van der Waals surface area (Å²) in [5.41, 5.74) is 0.338. The molecule has 0 radical (unpaired) electrons. The Morgan fingerprint density at radius 3 is 2.56 bits per heavy atom. The molecule has 3 rings (SSSR count). The Morgan fingerprint density at radius 2 is 2.00 bits per heavy atom. The summed E-state index contributed by atoms with van der Waals surface area (Å²) in [4.78, 5) is 0. The fourth-order valence-electron chi connectivity index (χ4n) is 2.69. The standard InChI is InChI=1S/C13H13F2N3/c1-9-5-13(9,6-18-7-16-17-8-18)11-3-2-10(14)4-12(11)15/h2-4,7-9H,5-6H2,1H3/t9-,13+/m1/s1. The topological polar surface area (TPSA) is 30.7 Å². The van der Waals surface area contributed by atoms with E-state index >= 15 is 0 Å². The molecular formula is C13H13F2N3. The van der Waals surface area contributed by atoms with Gasteiger partial charge in [-0.05, 0) is 24.0 Å². The van der Waals surface area contributed by atoms with E-state index in [1.54, 1.807) is 18.7 Å². The molecule has 0 saturated heterocycles. The average molecular weight is 249 g/mol. The molecule has 0 aliphatic heterocycles. The lowest BCUT2D eigenvalue weighted by molar-refractivity contribution is 0.476. The smallest absolute Gasteiger partial charge is 0.129 e. The first-order valence-electron chi connectivity index (χ1n) is 5.90. The van der Waals surface area contributed by atoms with Crippen LogP contribution < -0.4 is 0 Å². The molecule has 1 fully saturated rings. The van der Waals surface area contributed by atoms with Crippen LogP contribution in [0.4, 0.5) is 8.78 Å². The van der Waals surface area contributed by atoms with Crippen LogP contribution >= 0.6 is 0 Å². The predicted octanol–water partition coefficient (Wildman–Crippen LogP) is 2.53. The van der Waals surface area contributed by atoms with Crippen LogP contribution in [0.5, 0.6) is 0 Å². The third-order valence-electron chi connectivity index (χ3n) is 3.85. The molecule has 1 heterocycles. The van der Waals surface area contributed by atoms with Crippen molar-refractivity contribution in [3.05, 3.63) is 48.1 Å². The van der Waals surface area contributed by atoms with Crippen LogP contribution in [0.25, 0.3) is 0 Å². The van der Waals surface area contributed by atoms with Crippen LogP contribution in [0.15, 0.2) is 30.9 Å². The van der Waals surface area contributed by atoms with Crippen molar-refractivity contribution in [3.8, 4) is 0 Å². The zero-order valence-electron chi connectivity index (χ0n) is 9.98. The SMILES string of the molecule is C[C@@H]1C[C@@]1(Cn1cnnc1)c1ccc(F)cc1F. The molecule has 1 aliphatic carbocycles. The van der Waals surface area contributed by atoms with E-state index in [4.69, 9.17) is 0 Å². The Bertz CT molecular complexity index is 568. The summed E-state index contributed by atoms with van der Waals surface area (Å²) < 4.78 is 28.7. The first-order valence-corrected chi connectivity index (χ1v) is 5.90. The van der Waals surface area contributed by atoms with Crippen LogP contribution in [0, 0.1) is 17.6 Å². The number of halogens is 2. The molecule has 0 unspecified atom stereocenters. The van der Waals surface area contributed by atoms with Crippen LogP contribution in [-0.2, 0) is 12.0 Å². The monoisotopic (exact) mass is 249 g/mol. The van der Waals surface area contributed by atoms with E-state index in [0.717, 1.165) is 12.5 Å². The number of benzene rings is 1. The molecule has 2 atom stereocenters. The van der Waals surface area contributed by atoms with Gasteiger partial charge in [-0.25, -0.2) is 8.78 Å². The van der Waals surface area contributed by atoms with Crippen molar-refractivity contribution >= 4 is 0 Å². The lowest BCUT2D eigenvalue weighted by Crippen LogP contribution is -2.19. The van der Waals surface area contributed by atoms with E-state index in [2.05, 4.69) is 17.1 Å². The van der Waals surface area contributed by atoms with Gasteiger partial charge in [0.25, 0.3) is 0 Å². The van der Waals surface area contributed by atoms with Gasteiger partial charge in [0, 0.05) is 18.0 Å². The molecule has 3 nitrogen and oxygen atoms in total. The highest BCUT2D eigenvalue weighted by molar-refractivity contribution is 5.34. The van der Waals surface area contributed by atoms with Gasteiger partial charge in [-0.15, -0.1) is 10.2 Å². The molecule has 0 bridgehead atoms. The van der Waals surface area contributed by atoms with Gasteiger partial charge >= 0.3 is 0 Å². The van der Waals surface area contributed by atoms with Crippen molar-refractivity contribution < 1.29 is 8.78 Å². The van der Waals surface area contributed by atoms with Gasteiger partial charge in [0.1, 0.15) is 24.3 Å². The number of hydrogen-bond donors (Lipinski definition) is 0. The molecule has 5 heteroatoms. The zero-order chi connectivity index (χ0) is 12.8. The van der Waals surface area contributed by atoms with Gasteiger partial charge in [0.15, 0.2) is 0 Å². The van der Waals surface area contributed by atoms with E-state index in [0.29, 0.717) is 18.0 Å². The fraction of sp³-hybridized carbons (Fsp3) is 0.385. The largest absolute Gasteiger partial charge is 0.319 e. The second kappa shape index (κ2) is 3.86. The van der Waals surface area contributed by atoms with Crippen molar-refractivity contribution in [2.75, 3.05) is 0 Å².